The fourth-order valence-corrected chi connectivity index (χ4v) is 4.60. The van der Waals surface area contributed by atoms with Crippen LogP contribution in [-0.4, -0.2) is 33.7 Å². The van der Waals surface area contributed by atoms with Crippen LogP contribution in [0.4, 0.5) is 4.79 Å². The highest BCUT2D eigenvalue weighted by atomic mass is 16.3. The largest absolute Gasteiger partial charge is 0.466 e. The molecule has 1 fully saturated rings. The second-order valence-corrected chi connectivity index (χ2v) is 8.20. The SMILES string of the molecule is CCn1c(-c2ccccc2)c(C(=O)CN2C(=O)N[C@](C)(c3ccco3)C2=O)c2ccccc21. The molecule has 1 aliphatic heterocycles. The van der Waals surface area contributed by atoms with Crippen molar-refractivity contribution in [2.75, 3.05) is 6.54 Å². The van der Waals surface area contributed by atoms with Crippen molar-refractivity contribution in [1.82, 2.24) is 14.8 Å². The third-order valence-electron chi connectivity index (χ3n) is 6.20. The summed E-state index contributed by atoms with van der Waals surface area (Å²) >= 11 is 0. The van der Waals surface area contributed by atoms with Crippen LogP contribution >= 0.6 is 0 Å². The molecule has 0 aliphatic carbocycles. The molecule has 1 saturated heterocycles. The number of aromatic nitrogens is 1. The van der Waals surface area contributed by atoms with Gasteiger partial charge in [0.05, 0.1) is 24.1 Å². The van der Waals surface area contributed by atoms with Crippen LogP contribution in [-0.2, 0) is 16.9 Å². The van der Waals surface area contributed by atoms with Gasteiger partial charge in [-0.3, -0.25) is 14.5 Å². The first kappa shape index (κ1) is 20.8. The Morgan fingerprint density at radius 3 is 2.42 bits per heavy atom. The third-order valence-corrected chi connectivity index (χ3v) is 6.20. The van der Waals surface area contributed by atoms with E-state index in [0.717, 1.165) is 27.1 Å². The minimum absolute atomic E-state index is 0.301. The monoisotopic (exact) mass is 441 g/mol. The summed E-state index contributed by atoms with van der Waals surface area (Å²) < 4.78 is 7.47. The van der Waals surface area contributed by atoms with Crippen LogP contribution in [0.15, 0.2) is 77.4 Å². The number of aryl methyl sites for hydroxylation is 1. The minimum Gasteiger partial charge on any atom is -0.466 e. The maximum Gasteiger partial charge on any atom is 0.325 e. The number of amides is 3. The molecule has 166 valence electrons. The Labute approximate surface area is 190 Å². The molecule has 5 rings (SSSR count). The van der Waals surface area contributed by atoms with E-state index in [1.54, 1.807) is 19.1 Å². The van der Waals surface area contributed by atoms with Gasteiger partial charge in [0.2, 0.25) is 0 Å². The van der Waals surface area contributed by atoms with Crippen LogP contribution in [0.5, 0.6) is 0 Å². The molecule has 3 heterocycles. The Bertz CT molecular complexity index is 1370. The number of para-hydroxylation sites is 1. The van der Waals surface area contributed by atoms with Crippen LogP contribution in [0.3, 0.4) is 0 Å². The van der Waals surface area contributed by atoms with E-state index in [1.165, 1.54) is 6.26 Å². The van der Waals surface area contributed by atoms with Crippen molar-refractivity contribution < 1.29 is 18.8 Å². The van der Waals surface area contributed by atoms with E-state index in [0.29, 0.717) is 17.9 Å². The van der Waals surface area contributed by atoms with Gasteiger partial charge in [0, 0.05) is 17.4 Å². The summed E-state index contributed by atoms with van der Waals surface area (Å²) in [5.41, 5.74) is 1.77. The highest BCUT2D eigenvalue weighted by Crippen LogP contribution is 2.35. The first-order chi connectivity index (χ1) is 16.0. The lowest BCUT2D eigenvalue weighted by Gasteiger charge is -2.19. The summed E-state index contributed by atoms with van der Waals surface area (Å²) in [6, 6.07) is 20.0. The van der Waals surface area contributed by atoms with Gasteiger partial charge in [-0.2, -0.15) is 0 Å². The molecule has 0 radical (unpaired) electrons. The van der Waals surface area contributed by atoms with Gasteiger partial charge >= 0.3 is 6.03 Å². The fourth-order valence-electron chi connectivity index (χ4n) is 4.60. The molecule has 33 heavy (non-hydrogen) atoms. The number of nitrogens with one attached hydrogen (secondary N) is 1. The molecule has 2 aromatic heterocycles. The van der Waals surface area contributed by atoms with Crippen molar-refractivity contribution in [3.8, 4) is 11.3 Å². The van der Waals surface area contributed by atoms with Gasteiger partial charge in [0.15, 0.2) is 11.3 Å². The molecule has 1 aliphatic rings. The Morgan fingerprint density at radius 1 is 1.00 bits per heavy atom. The zero-order valence-electron chi connectivity index (χ0n) is 18.4. The Kier molecular flexibility index (Phi) is 4.89. The van der Waals surface area contributed by atoms with Gasteiger partial charge in [-0.1, -0.05) is 48.5 Å². The molecule has 4 aromatic rings. The average Bonchev–Trinajstić information content (AvgIpc) is 3.53. The fraction of sp³-hybridized carbons (Fsp3) is 0.192. The number of rotatable bonds is 6. The summed E-state index contributed by atoms with van der Waals surface area (Å²) in [6.45, 7) is 3.91. The lowest BCUT2D eigenvalue weighted by Crippen LogP contribution is -2.41. The number of carbonyl (C=O) groups is 3. The van der Waals surface area contributed by atoms with Crippen LogP contribution in [0, 0.1) is 0 Å². The zero-order chi connectivity index (χ0) is 23.2. The van der Waals surface area contributed by atoms with Crippen LogP contribution in [0.25, 0.3) is 22.2 Å². The summed E-state index contributed by atoms with van der Waals surface area (Å²) in [5, 5.41) is 3.47. The molecule has 0 bridgehead atoms. The number of ketones is 1. The number of hydrogen-bond acceptors (Lipinski definition) is 4. The van der Waals surface area contributed by atoms with Crippen LogP contribution < -0.4 is 5.32 Å². The molecular weight excluding hydrogens is 418 g/mol. The van der Waals surface area contributed by atoms with Crippen molar-refractivity contribution >= 4 is 28.6 Å². The molecule has 0 saturated carbocycles. The van der Waals surface area contributed by atoms with Gasteiger partial charge < -0.3 is 14.3 Å². The summed E-state index contributed by atoms with van der Waals surface area (Å²) in [4.78, 5) is 40.6. The summed E-state index contributed by atoms with van der Waals surface area (Å²) in [6.07, 6.45) is 1.44. The lowest BCUT2D eigenvalue weighted by molar-refractivity contribution is -0.131. The number of benzene rings is 2. The predicted molar refractivity (Wildman–Crippen MR) is 124 cm³/mol. The maximum absolute atomic E-state index is 13.7. The van der Waals surface area contributed by atoms with E-state index in [-0.39, 0.29) is 12.3 Å². The number of carbonyl (C=O) groups excluding carboxylic acids is 3. The smallest absolute Gasteiger partial charge is 0.325 e. The van der Waals surface area contributed by atoms with E-state index in [4.69, 9.17) is 4.42 Å². The molecule has 0 unspecified atom stereocenters. The average molecular weight is 441 g/mol. The standard InChI is InChI=1S/C26H23N3O4/c1-3-28-19-13-8-7-12-18(19)22(23(28)17-10-5-4-6-11-17)20(30)16-29-24(31)26(2,27-25(29)32)21-14-9-15-33-21/h4-15H,3,16H2,1-2H3,(H,27,32)/t26-/m1/s1. The summed E-state index contributed by atoms with van der Waals surface area (Å²) in [5.74, 6) is -0.496. The molecule has 2 aromatic carbocycles. The van der Waals surface area contributed by atoms with E-state index >= 15 is 0 Å². The predicted octanol–water partition coefficient (Wildman–Crippen LogP) is 4.57. The number of urea groups is 1. The topological polar surface area (TPSA) is 84.6 Å². The first-order valence-electron chi connectivity index (χ1n) is 10.8. The van der Waals surface area contributed by atoms with E-state index < -0.39 is 17.5 Å². The van der Waals surface area contributed by atoms with Gasteiger partial charge in [-0.15, -0.1) is 0 Å². The second-order valence-electron chi connectivity index (χ2n) is 8.20. The van der Waals surface area contributed by atoms with Gasteiger partial charge in [0.25, 0.3) is 5.91 Å². The molecule has 1 N–H and O–H groups in total. The van der Waals surface area contributed by atoms with Crippen LogP contribution in [0.2, 0.25) is 0 Å². The van der Waals surface area contributed by atoms with Crippen molar-refractivity contribution in [3.63, 3.8) is 0 Å². The lowest BCUT2D eigenvalue weighted by atomic mass is 9.98. The number of furan rings is 1. The Morgan fingerprint density at radius 2 is 1.73 bits per heavy atom. The molecular formula is C26H23N3O4. The van der Waals surface area contributed by atoms with E-state index in [9.17, 15) is 14.4 Å². The molecule has 3 amide bonds. The van der Waals surface area contributed by atoms with Gasteiger partial charge in [0.1, 0.15) is 5.76 Å². The number of hydrogen-bond donors (Lipinski definition) is 1. The maximum atomic E-state index is 13.7. The highest BCUT2D eigenvalue weighted by Gasteiger charge is 2.51. The van der Waals surface area contributed by atoms with Crippen LogP contribution in [0.1, 0.15) is 30.0 Å². The molecule has 7 heteroatoms. The summed E-state index contributed by atoms with van der Waals surface area (Å²) in [7, 11) is 0. The van der Waals surface area contributed by atoms with Crippen molar-refractivity contribution in [2.24, 2.45) is 0 Å². The quantitative estimate of drug-likeness (QED) is 0.351. The van der Waals surface area contributed by atoms with Crippen molar-refractivity contribution in [2.45, 2.75) is 25.9 Å². The Balaban J connectivity index is 1.59. The highest BCUT2D eigenvalue weighted by molar-refractivity contribution is 6.17. The number of imide groups is 1. The van der Waals surface area contributed by atoms with Crippen molar-refractivity contribution in [3.05, 3.63) is 84.3 Å². The van der Waals surface area contributed by atoms with Gasteiger partial charge in [-0.05, 0) is 37.6 Å². The minimum atomic E-state index is -1.35. The normalized spacial score (nSPS) is 18.2. The molecule has 0 spiro atoms. The molecule has 1 atom stereocenters. The molecule has 7 nitrogen and oxygen atoms in total. The third kappa shape index (κ3) is 3.16. The van der Waals surface area contributed by atoms with E-state index in [1.807, 2.05) is 61.5 Å². The Hall–Kier alpha value is -4.13. The number of Topliss-reactive ketones (excluding diaryl/α,β-unsaturated/α-hetero) is 1. The second kappa shape index (κ2) is 7.78. The van der Waals surface area contributed by atoms with Crippen molar-refractivity contribution in [1.29, 1.82) is 0 Å². The number of nitrogens with zero attached hydrogens (tertiary/aromatic N) is 2. The number of fused-ring (bicyclic) bond motifs is 1. The van der Waals surface area contributed by atoms with E-state index in [2.05, 4.69) is 9.88 Å². The zero-order valence-corrected chi connectivity index (χ0v) is 18.4. The first-order valence-corrected chi connectivity index (χ1v) is 10.8. The van der Waals surface area contributed by atoms with Gasteiger partial charge in [-0.25, -0.2) is 4.79 Å².